The molecular formula is C20H32N2O2. The van der Waals surface area contributed by atoms with E-state index < -0.39 is 5.60 Å². The molecule has 4 heteroatoms. The summed E-state index contributed by atoms with van der Waals surface area (Å²) in [5.74, 6) is 0. The van der Waals surface area contributed by atoms with Crippen molar-refractivity contribution >= 4 is 11.8 Å². The summed E-state index contributed by atoms with van der Waals surface area (Å²) in [6.07, 6.45) is 1.69. The van der Waals surface area contributed by atoms with Gasteiger partial charge in [0, 0.05) is 24.8 Å². The molecule has 4 nitrogen and oxygen atoms in total. The molecule has 0 saturated carbocycles. The van der Waals surface area contributed by atoms with E-state index in [9.17, 15) is 4.79 Å². The molecule has 1 amide bonds. The van der Waals surface area contributed by atoms with Crippen LogP contribution in [0.1, 0.15) is 59.9 Å². The lowest BCUT2D eigenvalue weighted by molar-refractivity contribution is 0.0210. The van der Waals surface area contributed by atoms with Crippen molar-refractivity contribution in [2.75, 3.05) is 18.4 Å². The van der Waals surface area contributed by atoms with Gasteiger partial charge in [-0.2, -0.15) is 0 Å². The van der Waals surface area contributed by atoms with Gasteiger partial charge in [-0.1, -0.05) is 32.9 Å². The number of carbonyl (C=O) groups is 1. The zero-order chi connectivity index (χ0) is 18.0. The summed E-state index contributed by atoms with van der Waals surface area (Å²) >= 11 is 0. The van der Waals surface area contributed by atoms with Gasteiger partial charge < -0.3 is 15.0 Å². The molecule has 2 rings (SSSR count). The van der Waals surface area contributed by atoms with Gasteiger partial charge in [0.25, 0.3) is 0 Å². The van der Waals surface area contributed by atoms with Crippen molar-refractivity contribution in [3.05, 3.63) is 29.8 Å². The molecule has 1 N–H and O–H groups in total. The van der Waals surface area contributed by atoms with E-state index >= 15 is 0 Å². The summed E-state index contributed by atoms with van der Waals surface area (Å²) in [7, 11) is 0. The minimum atomic E-state index is -0.431. The van der Waals surface area contributed by atoms with Crippen LogP contribution in [-0.4, -0.2) is 35.7 Å². The molecule has 1 heterocycles. The van der Waals surface area contributed by atoms with E-state index in [2.05, 4.69) is 50.4 Å². The van der Waals surface area contributed by atoms with E-state index in [1.54, 1.807) is 0 Å². The third kappa shape index (κ3) is 5.43. The Bertz CT molecular complexity index is 562. The first kappa shape index (κ1) is 18.6. The van der Waals surface area contributed by atoms with Crippen molar-refractivity contribution in [2.24, 2.45) is 0 Å². The molecule has 0 spiro atoms. The SMILES string of the molecule is CC(C)(C)OC(=O)N1CCC(Nc2cccc(C(C)(C)C)c2)CC1. The molecule has 0 aromatic heterocycles. The number of ether oxygens (including phenoxy) is 1. The fourth-order valence-electron chi connectivity index (χ4n) is 2.84. The maximum Gasteiger partial charge on any atom is 0.410 e. The molecule has 0 unspecified atom stereocenters. The lowest BCUT2D eigenvalue weighted by Crippen LogP contribution is -2.44. The molecule has 1 aliphatic rings. The first-order valence-corrected chi connectivity index (χ1v) is 8.89. The van der Waals surface area contributed by atoms with Crippen molar-refractivity contribution in [3.8, 4) is 0 Å². The lowest BCUT2D eigenvalue weighted by atomic mass is 9.87. The molecule has 0 atom stereocenters. The second-order valence-electron chi connectivity index (χ2n) is 8.72. The maximum atomic E-state index is 12.1. The third-order valence-electron chi connectivity index (χ3n) is 4.25. The fourth-order valence-corrected chi connectivity index (χ4v) is 2.84. The molecule has 0 aliphatic carbocycles. The molecule has 1 aliphatic heterocycles. The van der Waals surface area contributed by atoms with E-state index in [4.69, 9.17) is 4.74 Å². The van der Waals surface area contributed by atoms with Gasteiger partial charge in [0.05, 0.1) is 0 Å². The Balaban J connectivity index is 1.88. The number of amides is 1. The lowest BCUT2D eigenvalue weighted by Gasteiger charge is -2.34. The van der Waals surface area contributed by atoms with Crippen LogP contribution in [-0.2, 0) is 10.2 Å². The van der Waals surface area contributed by atoms with Gasteiger partial charge in [-0.3, -0.25) is 0 Å². The number of nitrogens with zero attached hydrogens (tertiary/aromatic N) is 1. The molecule has 1 aromatic rings. The van der Waals surface area contributed by atoms with Gasteiger partial charge >= 0.3 is 6.09 Å². The summed E-state index contributed by atoms with van der Waals surface area (Å²) in [4.78, 5) is 13.9. The normalized spacial score (nSPS) is 16.8. The van der Waals surface area contributed by atoms with Crippen molar-refractivity contribution in [3.63, 3.8) is 0 Å². The number of likely N-dealkylation sites (tertiary alicyclic amines) is 1. The van der Waals surface area contributed by atoms with Gasteiger partial charge in [0.1, 0.15) is 5.60 Å². The standard InChI is InChI=1S/C20H32N2O2/c1-19(2,3)15-8-7-9-17(14-15)21-16-10-12-22(13-11-16)18(23)24-20(4,5)6/h7-9,14,16,21H,10-13H2,1-6H3. The van der Waals surface area contributed by atoms with Crippen LogP contribution in [0.2, 0.25) is 0 Å². The van der Waals surface area contributed by atoms with Crippen LogP contribution >= 0.6 is 0 Å². The Morgan fingerprint density at radius 3 is 2.29 bits per heavy atom. The zero-order valence-electron chi connectivity index (χ0n) is 16.0. The molecule has 134 valence electrons. The predicted octanol–water partition coefficient (Wildman–Crippen LogP) is 4.80. The highest BCUT2D eigenvalue weighted by Gasteiger charge is 2.26. The number of rotatable bonds is 2. The Labute approximate surface area is 146 Å². The van der Waals surface area contributed by atoms with Crippen LogP contribution in [0.3, 0.4) is 0 Å². The van der Waals surface area contributed by atoms with E-state index in [0.29, 0.717) is 6.04 Å². The highest BCUT2D eigenvalue weighted by atomic mass is 16.6. The molecule has 1 saturated heterocycles. The number of nitrogens with one attached hydrogen (secondary N) is 1. The second-order valence-corrected chi connectivity index (χ2v) is 8.72. The average molecular weight is 332 g/mol. The van der Waals surface area contributed by atoms with Crippen LogP contribution in [0.15, 0.2) is 24.3 Å². The van der Waals surface area contributed by atoms with Crippen molar-refractivity contribution in [1.29, 1.82) is 0 Å². The number of carbonyl (C=O) groups excluding carboxylic acids is 1. The number of piperidine rings is 1. The first-order valence-electron chi connectivity index (χ1n) is 8.89. The molecular weight excluding hydrogens is 300 g/mol. The van der Waals surface area contributed by atoms with Crippen molar-refractivity contribution in [2.45, 2.75) is 71.4 Å². The molecule has 1 fully saturated rings. The zero-order valence-corrected chi connectivity index (χ0v) is 16.0. The smallest absolute Gasteiger partial charge is 0.410 e. The van der Waals surface area contributed by atoms with Crippen molar-refractivity contribution in [1.82, 2.24) is 4.90 Å². The monoisotopic (exact) mass is 332 g/mol. The highest BCUT2D eigenvalue weighted by molar-refractivity contribution is 5.68. The van der Waals surface area contributed by atoms with Crippen LogP contribution in [0, 0.1) is 0 Å². The average Bonchev–Trinajstić information content (AvgIpc) is 2.45. The van der Waals surface area contributed by atoms with E-state index in [1.807, 2.05) is 25.7 Å². The quantitative estimate of drug-likeness (QED) is 0.846. The molecule has 0 radical (unpaired) electrons. The Morgan fingerprint density at radius 1 is 1.12 bits per heavy atom. The first-order chi connectivity index (χ1) is 11.0. The van der Waals surface area contributed by atoms with Crippen LogP contribution in [0.25, 0.3) is 0 Å². The van der Waals surface area contributed by atoms with E-state index in [-0.39, 0.29) is 11.5 Å². The van der Waals surface area contributed by atoms with Gasteiger partial charge in [0.2, 0.25) is 0 Å². The van der Waals surface area contributed by atoms with Gasteiger partial charge in [0.15, 0.2) is 0 Å². The van der Waals surface area contributed by atoms with Crippen LogP contribution in [0.5, 0.6) is 0 Å². The summed E-state index contributed by atoms with van der Waals surface area (Å²) in [6, 6.07) is 9.05. The second kappa shape index (κ2) is 7.04. The summed E-state index contributed by atoms with van der Waals surface area (Å²) in [5, 5.41) is 3.62. The molecule has 1 aromatic carbocycles. The van der Waals surface area contributed by atoms with E-state index in [0.717, 1.165) is 31.6 Å². The summed E-state index contributed by atoms with van der Waals surface area (Å²) < 4.78 is 5.45. The minimum absolute atomic E-state index is 0.151. The summed E-state index contributed by atoms with van der Waals surface area (Å²) in [6.45, 7) is 13.9. The Morgan fingerprint density at radius 2 is 1.75 bits per heavy atom. The summed E-state index contributed by atoms with van der Waals surface area (Å²) in [5.41, 5.74) is 2.22. The number of benzene rings is 1. The highest BCUT2D eigenvalue weighted by Crippen LogP contribution is 2.26. The van der Waals surface area contributed by atoms with Crippen molar-refractivity contribution < 1.29 is 9.53 Å². The Hall–Kier alpha value is -1.71. The van der Waals surface area contributed by atoms with Crippen LogP contribution < -0.4 is 5.32 Å². The number of anilines is 1. The maximum absolute atomic E-state index is 12.1. The topological polar surface area (TPSA) is 41.6 Å². The number of hydrogen-bond donors (Lipinski definition) is 1. The molecule has 24 heavy (non-hydrogen) atoms. The fraction of sp³-hybridized carbons (Fsp3) is 0.650. The number of hydrogen-bond acceptors (Lipinski definition) is 3. The predicted molar refractivity (Wildman–Crippen MR) is 99.6 cm³/mol. The van der Waals surface area contributed by atoms with Gasteiger partial charge in [-0.25, -0.2) is 4.79 Å². The van der Waals surface area contributed by atoms with Gasteiger partial charge in [-0.15, -0.1) is 0 Å². The Kier molecular flexibility index (Phi) is 5.46. The van der Waals surface area contributed by atoms with Gasteiger partial charge in [-0.05, 0) is 56.7 Å². The third-order valence-corrected chi connectivity index (χ3v) is 4.25. The largest absolute Gasteiger partial charge is 0.444 e. The molecule has 0 bridgehead atoms. The minimum Gasteiger partial charge on any atom is -0.444 e. The van der Waals surface area contributed by atoms with E-state index in [1.165, 1.54) is 5.56 Å². The van der Waals surface area contributed by atoms with Crippen LogP contribution in [0.4, 0.5) is 10.5 Å².